The number of aromatic amines is 1. The highest BCUT2D eigenvalue weighted by atomic mass is 31.2. The first kappa shape index (κ1) is 22.8. The van der Waals surface area contributed by atoms with Crippen molar-refractivity contribution < 1.29 is 37.5 Å². The Morgan fingerprint density at radius 3 is 2.72 bits per heavy atom. The Labute approximate surface area is 180 Å². The van der Waals surface area contributed by atoms with Gasteiger partial charge in [-0.1, -0.05) is 0 Å². The maximum Gasteiger partial charge on any atom is 0.530 e. The Bertz CT molecular complexity index is 1230. The molecule has 0 bridgehead atoms. The van der Waals surface area contributed by atoms with Crippen molar-refractivity contribution in [2.45, 2.75) is 51.7 Å². The lowest BCUT2D eigenvalue weighted by Gasteiger charge is -2.29. The molecule has 5 atom stereocenters. The number of phosphoric acid groups is 1. The number of hydrogen-bond donors (Lipinski definition) is 3. The first-order chi connectivity index (χ1) is 14.9. The van der Waals surface area contributed by atoms with E-state index in [1.807, 2.05) is 24.9 Å². The highest BCUT2D eigenvalue weighted by Crippen LogP contribution is 2.57. The number of aryl methyl sites for hydroxylation is 1. The molecule has 2 aliphatic rings. The third kappa shape index (κ3) is 3.83. The van der Waals surface area contributed by atoms with E-state index in [0.29, 0.717) is 15.9 Å². The largest absolute Gasteiger partial charge is 0.530 e. The van der Waals surface area contributed by atoms with E-state index >= 15 is 4.39 Å². The van der Waals surface area contributed by atoms with Crippen LogP contribution in [0, 0.1) is 20.8 Å². The summed E-state index contributed by atoms with van der Waals surface area (Å²) in [6.07, 6.45) is -4.75. The zero-order valence-electron chi connectivity index (χ0n) is 17.4. The number of benzene rings is 1. The van der Waals surface area contributed by atoms with Crippen molar-refractivity contribution in [2.24, 2.45) is 0 Å². The molecule has 1 aromatic heterocycles. The maximum absolute atomic E-state index is 15.3. The van der Waals surface area contributed by atoms with E-state index in [-0.39, 0.29) is 6.61 Å². The Balaban J connectivity index is 1.53. The number of aromatic nitrogens is 2. The second-order valence-corrected chi connectivity index (χ2v) is 9.36. The van der Waals surface area contributed by atoms with Gasteiger partial charge in [-0.3, -0.25) is 23.4 Å². The van der Waals surface area contributed by atoms with Crippen LogP contribution in [-0.4, -0.2) is 44.4 Å². The lowest BCUT2D eigenvalue weighted by Crippen LogP contribution is -2.43. The first-order valence-electron chi connectivity index (χ1n) is 9.67. The molecule has 3 N–H and O–H groups in total. The number of hydrogen-bond acceptors (Lipinski definition) is 9. The molecule has 32 heavy (non-hydrogen) atoms. The number of halogens is 1. The van der Waals surface area contributed by atoms with Gasteiger partial charge in [-0.25, -0.2) is 13.8 Å². The molecular formula is C19H22FN2O9P. The zero-order chi connectivity index (χ0) is 23.4. The second kappa shape index (κ2) is 7.91. The number of nitrogens with one attached hydrogen (secondary N) is 1. The van der Waals surface area contributed by atoms with Crippen molar-refractivity contribution in [1.82, 2.24) is 9.55 Å². The summed E-state index contributed by atoms with van der Waals surface area (Å²) in [7, 11) is -4.29. The van der Waals surface area contributed by atoms with Crippen LogP contribution in [0.5, 0.6) is 5.75 Å². The lowest BCUT2D eigenvalue weighted by atomic mass is 9.99. The molecule has 4 rings (SSSR count). The van der Waals surface area contributed by atoms with Gasteiger partial charge in [0.2, 0.25) is 0 Å². The summed E-state index contributed by atoms with van der Waals surface area (Å²) >= 11 is 0. The fourth-order valence-electron chi connectivity index (χ4n) is 3.61. The van der Waals surface area contributed by atoms with E-state index < -0.39 is 50.0 Å². The SMILES string of the molecule is Cc1cc2c(c(C)c1C)OP(=O)(OC[C@@]1(F)O[C@@H](n3ccc(=O)[nH]c3=O)[C@H](O)[C@@H]1O)OC2. The highest BCUT2D eigenvalue weighted by Gasteiger charge is 2.57. The summed E-state index contributed by atoms with van der Waals surface area (Å²) in [5.74, 6) is -2.75. The first-order valence-corrected chi connectivity index (χ1v) is 11.1. The minimum atomic E-state index is -4.29. The van der Waals surface area contributed by atoms with Gasteiger partial charge in [0.05, 0.1) is 6.61 Å². The number of rotatable bonds is 4. The van der Waals surface area contributed by atoms with Crippen LogP contribution in [0.3, 0.4) is 0 Å². The average Bonchev–Trinajstić information content (AvgIpc) is 2.96. The van der Waals surface area contributed by atoms with E-state index in [1.54, 1.807) is 6.92 Å². The Hall–Kier alpha value is -2.34. The van der Waals surface area contributed by atoms with Crippen LogP contribution in [0.1, 0.15) is 28.5 Å². The minimum Gasteiger partial charge on any atom is -0.403 e. The van der Waals surface area contributed by atoms with Gasteiger partial charge in [0.1, 0.15) is 24.6 Å². The van der Waals surface area contributed by atoms with Crippen LogP contribution in [0.25, 0.3) is 0 Å². The molecule has 2 aromatic rings. The molecule has 2 aliphatic heterocycles. The Kier molecular flexibility index (Phi) is 5.64. The number of fused-ring (bicyclic) bond motifs is 1. The maximum atomic E-state index is 15.3. The summed E-state index contributed by atoms with van der Waals surface area (Å²) < 4.78 is 49.8. The van der Waals surface area contributed by atoms with E-state index in [2.05, 4.69) is 0 Å². The van der Waals surface area contributed by atoms with Gasteiger partial charge in [0.15, 0.2) is 6.23 Å². The van der Waals surface area contributed by atoms with E-state index in [0.717, 1.165) is 29.0 Å². The number of nitrogens with zero attached hydrogens (tertiary/aromatic N) is 1. The predicted octanol–water partition coefficient (Wildman–Crippen LogP) is 1.11. The second-order valence-electron chi connectivity index (χ2n) is 7.76. The van der Waals surface area contributed by atoms with Gasteiger partial charge in [0.25, 0.3) is 11.4 Å². The van der Waals surface area contributed by atoms with E-state index in [1.165, 1.54) is 0 Å². The van der Waals surface area contributed by atoms with E-state index in [4.69, 9.17) is 18.3 Å². The molecule has 1 unspecified atom stereocenters. The van der Waals surface area contributed by atoms with Crippen LogP contribution < -0.4 is 15.8 Å². The number of phosphoric ester groups is 1. The molecule has 174 valence electrons. The predicted molar refractivity (Wildman–Crippen MR) is 107 cm³/mol. The number of alkyl halides is 1. The van der Waals surface area contributed by atoms with Gasteiger partial charge in [-0.2, -0.15) is 0 Å². The Morgan fingerprint density at radius 2 is 2.03 bits per heavy atom. The number of aliphatic hydroxyl groups is 2. The van der Waals surface area contributed by atoms with Crippen molar-refractivity contribution in [1.29, 1.82) is 0 Å². The number of aliphatic hydroxyl groups excluding tert-OH is 2. The molecule has 1 aromatic carbocycles. The molecule has 0 saturated carbocycles. The average molecular weight is 472 g/mol. The molecule has 1 fully saturated rings. The third-order valence-corrected chi connectivity index (χ3v) is 6.97. The quantitative estimate of drug-likeness (QED) is 0.556. The monoisotopic (exact) mass is 472 g/mol. The van der Waals surface area contributed by atoms with Crippen molar-refractivity contribution in [3.05, 3.63) is 61.4 Å². The summed E-state index contributed by atoms with van der Waals surface area (Å²) in [5, 5.41) is 20.4. The molecule has 1 saturated heterocycles. The van der Waals surface area contributed by atoms with Crippen LogP contribution >= 0.6 is 7.82 Å². The van der Waals surface area contributed by atoms with Gasteiger partial charge in [-0.15, -0.1) is 0 Å². The van der Waals surface area contributed by atoms with Crippen LogP contribution in [0.2, 0.25) is 0 Å². The van der Waals surface area contributed by atoms with Gasteiger partial charge in [0, 0.05) is 17.8 Å². The van der Waals surface area contributed by atoms with Crippen LogP contribution in [0.15, 0.2) is 27.9 Å². The molecule has 3 heterocycles. The Morgan fingerprint density at radius 1 is 1.31 bits per heavy atom. The third-order valence-electron chi connectivity index (χ3n) is 5.68. The molecule has 0 aliphatic carbocycles. The highest BCUT2D eigenvalue weighted by molar-refractivity contribution is 7.49. The van der Waals surface area contributed by atoms with Crippen LogP contribution in [-0.2, 0) is 25.0 Å². The normalized spacial score (nSPS) is 31.9. The fourth-order valence-corrected chi connectivity index (χ4v) is 4.90. The standard InChI is InChI=1S/C19H22FN2O9P/c1-9-6-12-7-28-32(27,31-15(12)11(3)10(9)2)29-8-19(20)16(25)14(24)17(30-19)22-5-4-13(23)21-18(22)26/h4-6,14,16-17,24-25H,7-8H2,1-3H3,(H,21,23,26)/t14-,16+,17-,19-,32?/m1/s1. The fraction of sp³-hybridized carbons (Fsp3) is 0.474. The summed E-state index contributed by atoms with van der Waals surface area (Å²) in [6.45, 7) is 4.33. The zero-order valence-corrected chi connectivity index (χ0v) is 18.3. The topological polar surface area (TPSA) is 149 Å². The molecule has 11 nitrogen and oxygen atoms in total. The molecule has 13 heteroatoms. The van der Waals surface area contributed by atoms with Crippen molar-refractivity contribution in [2.75, 3.05) is 6.61 Å². The summed E-state index contributed by atoms with van der Waals surface area (Å²) in [5.41, 5.74) is 1.61. The minimum absolute atomic E-state index is 0.102. The van der Waals surface area contributed by atoms with Gasteiger partial charge >= 0.3 is 13.5 Å². The van der Waals surface area contributed by atoms with Crippen molar-refractivity contribution in [3.8, 4) is 5.75 Å². The smallest absolute Gasteiger partial charge is 0.403 e. The number of ether oxygens (including phenoxy) is 1. The van der Waals surface area contributed by atoms with E-state index in [9.17, 15) is 24.4 Å². The van der Waals surface area contributed by atoms with Gasteiger partial charge in [-0.05, 0) is 43.5 Å². The van der Waals surface area contributed by atoms with Crippen molar-refractivity contribution in [3.63, 3.8) is 0 Å². The molecular weight excluding hydrogens is 450 g/mol. The molecule has 0 spiro atoms. The summed E-state index contributed by atoms with van der Waals surface area (Å²) in [4.78, 5) is 25.1. The molecule has 0 radical (unpaired) electrons. The summed E-state index contributed by atoms with van der Waals surface area (Å²) in [6, 6.07) is 2.79. The van der Waals surface area contributed by atoms with Crippen LogP contribution in [0.4, 0.5) is 4.39 Å². The van der Waals surface area contributed by atoms with Crippen molar-refractivity contribution >= 4 is 7.82 Å². The number of H-pyrrole nitrogens is 1. The van der Waals surface area contributed by atoms with Gasteiger partial charge < -0.3 is 19.5 Å². The molecule has 0 amide bonds. The lowest BCUT2D eigenvalue weighted by molar-refractivity contribution is -0.205.